The van der Waals surface area contributed by atoms with Crippen molar-refractivity contribution in [2.45, 2.75) is 72.6 Å². The van der Waals surface area contributed by atoms with Gasteiger partial charge in [-0.15, -0.1) is 0 Å². The Labute approximate surface area is 270 Å². The van der Waals surface area contributed by atoms with Gasteiger partial charge in [-0.05, 0) is 76.2 Å². The summed E-state index contributed by atoms with van der Waals surface area (Å²) in [5.41, 5.74) is 11.0. The largest absolute Gasteiger partial charge is 0.455 e. The van der Waals surface area contributed by atoms with E-state index in [1.165, 1.54) is 11.1 Å². The predicted molar refractivity (Wildman–Crippen MR) is 189 cm³/mol. The molecule has 0 saturated heterocycles. The molecule has 3 heterocycles. The Morgan fingerprint density at radius 2 is 1.47 bits per heavy atom. The molecule has 0 N–H and O–H groups in total. The zero-order valence-electron chi connectivity index (χ0n) is 30.1. The first-order valence-electron chi connectivity index (χ1n) is 17.3. The Kier molecular flexibility index (Phi) is 6.11. The fourth-order valence-corrected chi connectivity index (χ4v) is 6.36. The number of imidazole rings is 1. The van der Waals surface area contributed by atoms with Gasteiger partial charge in [0, 0.05) is 21.1 Å². The van der Waals surface area contributed by atoms with Gasteiger partial charge in [-0.3, -0.25) is 4.57 Å². The van der Waals surface area contributed by atoms with Crippen molar-refractivity contribution >= 4 is 33.1 Å². The molecule has 0 saturated carbocycles. The number of hydrogen-bond acceptors (Lipinski definition) is 3. The van der Waals surface area contributed by atoms with Crippen LogP contribution in [0.2, 0.25) is 0 Å². The van der Waals surface area contributed by atoms with Crippen LogP contribution in [-0.4, -0.2) is 14.5 Å². The summed E-state index contributed by atoms with van der Waals surface area (Å²) in [6, 6.07) is 28.4. The third-order valence-corrected chi connectivity index (χ3v) is 8.90. The molecular formula is C41H41N3O. The van der Waals surface area contributed by atoms with Crippen LogP contribution in [-0.2, 0) is 5.41 Å². The van der Waals surface area contributed by atoms with Crippen molar-refractivity contribution < 1.29 is 8.53 Å². The molecule has 4 heteroatoms. The Balaban J connectivity index is 1.49. The minimum atomic E-state index is -2.14. The van der Waals surface area contributed by atoms with Crippen LogP contribution in [0.4, 0.5) is 0 Å². The fourth-order valence-electron chi connectivity index (χ4n) is 6.36. The minimum Gasteiger partial charge on any atom is -0.455 e. The molecule has 4 aromatic carbocycles. The lowest BCUT2D eigenvalue weighted by Crippen LogP contribution is -2.12. The second kappa shape index (κ2) is 10.7. The molecule has 0 spiro atoms. The van der Waals surface area contributed by atoms with E-state index in [4.69, 9.17) is 18.5 Å². The average molecular weight is 595 g/mol. The van der Waals surface area contributed by atoms with Gasteiger partial charge in [-0.1, -0.05) is 115 Å². The summed E-state index contributed by atoms with van der Waals surface area (Å²) < 4.78 is 32.2. The highest BCUT2D eigenvalue weighted by atomic mass is 16.3. The smallest absolute Gasteiger partial charge is 0.178 e. The molecule has 3 aromatic heterocycles. The molecule has 0 atom stereocenters. The van der Waals surface area contributed by atoms with Crippen LogP contribution >= 0.6 is 0 Å². The SMILES string of the molecule is [2H]C([2H])([2H])c1ccc(-c2ccc3c(c2)oc2c(-c4nc5ncc(C(C)(C)C)cc5n4-c4c(C(C)C)cccc4C(C)C)cccc23)cc1. The number of fused-ring (bicyclic) bond motifs is 4. The van der Waals surface area contributed by atoms with Gasteiger partial charge in [0.2, 0.25) is 0 Å². The molecular weight excluding hydrogens is 550 g/mol. The van der Waals surface area contributed by atoms with Gasteiger partial charge < -0.3 is 4.42 Å². The van der Waals surface area contributed by atoms with Gasteiger partial charge in [0.05, 0.1) is 16.8 Å². The molecule has 4 nitrogen and oxygen atoms in total. The van der Waals surface area contributed by atoms with Gasteiger partial charge in [0.15, 0.2) is 11.5 Å². The van der Waals surface area contributed by atoms with Crippen molar-refractivity contribution in [3.05, 3.63) is 113 Å². The summed E-state index contributed by atoms with van der Waals surface area (Å²) in [7, 11) is 0. The number of hydrogen-bond donors (Lipinski definition) is 0. The number of pyridine rings is 1. The highest BCUT2D eigenvalue weighted by Gasteiger charge is 2.26. The Hall–Kier alpha value is -4.70. The van der Waals surface area contributed by atoms with E-state index in [2.05, 4.69) is 108 Å². The van der Waals surface area contributed by atoms with E-state index in [0.717, 1.165) is 61.2 Å². The second-order valence-electron chi connectivity index (χ2n) is 13.8. The van der Waals surface area contributed by atoms with Gasteiger partial charge >= 0.3 is 0 Å². The molecule has 45 heavy (non-hydrogen) atoms. The van der Waals surface area contributed by atoms with E-state index in [0.29, 0.717) is 11.2 Å². The maximum absolute atomic E-state index is 7.72. The molecule has 0 aliphatic rings. The van der Waals surface area contributed by atoms with Crippen molar-refractivity contribution in [3.8, 4) is 28.2 Å². The zero-order valence-corrected chi connectivity index (χ0v) is 27.1. The zero-order chi connectivity index (χ0) is 34.1. The topological polar surface area (TPSA) is 43.9 Å². The minimum absolute atomic E-state index is 0.0849. The number of benzene rings is 4. The van der Waals surface area contributed by atoms with Gasteiger partial charge in [0.25, 0.3) is 0 Å². The van der Waals surface area contributed by atoms with Crippen LogP contribution in [0, 0.1) is 6.85 Å². The molecule has 7 aromatic rings. The Bertz CT molecular complexity index is 2290. The van der Waals surface area contributed by atoms with E-state index in [-0.39, 0.29) is 17.3 Å². The number of nitrogens with zero attached hydrogens (tertiary/aromatic N) is 3. The van der Waals surface area contributed by atoms with Crippen LogP contribution in [0.1, 0.15) is 86.7 Å². The summed E-state index contributed by atoms with van der Waals surface area (Å²) in [6.07, 6.45) is 1.95. The van der Waals surface area contributed by atoms with E-state index in [1.54, 1.807) is 12.1 Å². The quantitative estimate of drug-likeness (QED) is 0.199. The summed E-state index contributed by atoms with van der Waals surface area (Å²) in [5.74, 6) is 1.37. The first-order valence-corrected chi connectivity index (χ1v) is 15.8. The third-order valence-electron chi connectivity index (χ3n) is 8.90. The van der Waals surface area contributed by atoms with Crippen LogP contribution in [0.25, 0.3) is 61.3 Å². The summed E-state index contributed by atoms with van der Waals surface area (Å²) >= 11 is 0. The molecule has 0 fully saturated rings. The van der Waals surface area contributed by atoms with Crippen LogP contribution in [0.5, 0.6) is 0 Å². The van der Waals surface area contributed by atoms with Gasteiger partial charge in [0.1, 0.15) is 11.2 Å². The van der Waals surface area contributed by atoms with Crippen molar-refractivity contribution in [2.75, 3.05) is 0 Å². The van der Waals surface area contributed by atoms with Crippen LogP contribution in [0.15, 0.2) is 95.5 Å². The van der Waals surface area contributed by atoms with Crippen molar-refractivity contribution in [2.24, 2.45) is 0 Å². The molecule has 0 aliphatic heterocycles. The summed E-state index contributed by atoms with van der Waals surface area (Å²) in [6.45, 7) is 13.5. The second-order valence-corrected chi connectivity index (χ2v) is 13.8. The van der Waals surface area contributed by atoms with E-state index in [1.807, 2.05) is 24.4 Å². The molecule has 0 amide bonds. The van der Waals surface area contributed by atoms with Crippen molar-refractivity contribution in [1.29, 1.82) is 0 Å². The molecule has 0 radical (unpaired) electrons. The van der Waals surface area contributed by atoms with Gasteiger partial charge in [-0.25, -0.2) is 9.97 Å². The molecule has 0 bridgehead atoms. The maximum atomic E-state index is 7.72. The first kappa shape index (κ1) is 25.6. The predicted octanol–water partition coefficient (Wildman–Crippen LogP) is 11.5. The number of aromatic nitrogens is 3. The van der Waals surface area contributed by atoms with Gasteiger partial charge in [-0.2, -0.15) is 0 Å². The average Bonchev–Trinajstić information content (AvgIpc) is 3.61. The number of rotatable bonds is 5. The Morgan fingerprint density at radius 3 is 2.13 bits per heavy atom. The Morgan fingerprint density at radius 1 is 0.778 bits per heavy atom. The third kappa shape index (κ3) is 4.93. The van der Waals surface area contributed by atoms with E-state index < -0.39 is 6.85 Å². The number of aryl methyl sites for hydroxylation is 1. The highest BCUT2D eigenvalue weighted by Crippen LogP contribution is 2.42. The summed E-state index contributed by atoms with van der Waals surface area (Å²) in [5, 5.41) is 2.02. The first-order chi connectivity index (χ1) is 22.7. The molecule has 0 aliphatic carbocycles. The highest BCUT2D eigenvalue weighted by molar-refractivity contribution is 6.10. The lowest BCUT2D eigenvalue weighted by Gasteiger charge is -2.23. The fraction of sp³-hybridized carbons (Fsp3) is 0.268. The summed E-state index contributed by atoms with van der Waals surface area (Å²) in [4.78, 5) is 10.2. The molecule has 226 valence electrons. The lowest BCUT2D eigenvalue weighted by molar-refractivity contribution is 0.588. The van der Waals surface area contributed by atoms with E-state index >= 15 is 0 Å². The molecule has 0 unspecified atom stereocenters. The lowest BCUT2D eigenvalue weighted by atomic mass is 9.88. The van der Waals surface area contributed by atoms with Crippen LogP contribution < -0.4 is 0 Å². The number of furan rings is 1. The monoisotopic (exact) mass is 594 g/mol. The van der Waals surface area contributed by atoms with Crippen LogP contribution in [0.3, 0.4) is 0 Å². The van der Waals surface area contributed by atoms with Crippen molar-refractivity contribution in [3.63, 3.8) is 0 Å². The van der Waals surface area contributed by atoms with Crippen molar-refractivity contribution in [1.82, 2.24) is 14.5 Å². The maximum Gasteiger partial charge on any atom is 0.178 e. The normalized spacial score (nSPS) is 13.7. The van der Waals surface area contributed by atoms with E-state index in [9.17, 15) is 0 Å². The molecule has 7 rings (SSSR count). The number of para-hydroxylation sites is 2. The standard InChI is InChI=1S/C41H41N3O/c1-24(2)30-11-9-12-31(25(3)4)37(30)44-35-22-29(41(6,7)8)23-42-39(35)43-40(44)34-14-10-13-33-32-20-19-28(21-36(32)45-38(33)34)27-17-15-26(5)16-18-27/h9-25H,1-8H3/i5D3.